The number of benzene rings is 2. The lowest BCUT2D eigenvalue weighted by Crippen LogP contribution is -2.43. The number of carbonyl (C=O) groups excluding carboxylic acids is 1. The van der Waals surface area contributed by atoms with Gasteiger partial charge in [0.15, 0.2) is 0 Å². The average Bonchev–Trinajstić information content (AvgIpc) is 3.12. The molecule has 1 fully saturated rings. The molecule has 2 aromatic carbocycles. The molecule has 1 atom stereocenters. The first-order chi connectivity index (χ1) is 16.9. The number of carbonyl (C=O) groups is 1. The molecule has 0 saturated carbocycles. The number of hydrogen-bond donors (Lipinski definition) is 0. The molecule has 0 spiro atoms. The van der Waals surface area contributed by atoms with Crippen LogP contribution in [-0.4, -0.2) is 44.3 Å². The van der Waals surface area contributed by atoms with Crippen molar-refractivity contribution in [2.24, 2.45) is 0 Å². The summed E-state index contributed by atoms with van der Waals surface area (Å²) in [4.78, 5) is 15.3. The van der Waals surface area contributed by atoms with Crippen LogP contribution in [0.1, 0.15) is 59.1 Å². The monoisotopic (exact) mass is 524 g/mol. The highest BCUT2D eigenvalue weighted by Gasteiger charge is 2.45. The van der Waals surface area contributed by atoms with Crippen molar-refractivity contribution in [2.75, 3.05) is 6.54 Å². The Hall–Kier alpha value is -2.56. The van der Waals surface area contributed by atoms with Crippen molar-refractivity contribution in [3.63, 3.8) is 0 Å². The van der Waals surface area contributed by atoms with E-state index in [1.54, 1.807) is 29.2 Å². The largest absolute Gasteiger partial charge is 0.334 e. The van der Waals surface area contributed by atoms with Gasteiger partial charge in [-0.1, -0.05) is 89.6 Å². The number of nitrogens with zero attached hydrogens (tertiary/aromatic N) is 2. The summed E-state index contributed by atoms with van der Waals surface area (Å²) in [7, 11) is -5.97. The molecular formula is C29H40N2O3SSi. The third-order valence-electron chi connectivity index (χ3n) is 7.52. The van der Waals surface area contributed by atoms with Crippen LogP contribution in [0.2, 0.25) is 16.6 Å². The molecule has 1 aliphatic heterocycles. The third-order valence-corrected chi connectivity index (χ3v) is 15.7. The van der Waals surface area contributed by atoms with Crippen LogP contribution in [0.4, 0.5) is 4.79 Å². The Balaban J connectivity index is 1.98. The van der Waals surface area contributed by atoms with Crippen LogP contribution in [0.5, 0.6) is 0 Å². The van der Waals surface area contributed by atoms with Gasteiger partial charge in [0, 0.05) is 19.5 Å². The Morgan fingerprint density at radius 2 is 1.47 bits per heavy atom. The van der Waals surface area contributed by atoms with Gasteiger partial charge in [-0.25, -0.2) is 17.5 Å². The van der Waals surface area contributed by atoms with Gasteiger partial charge in [-0.3, -0.25) is 0 Å². The van der Waals surface area contributed by atoms with Crippen molar-refractivity contribution in [3.05, 3.63) is 65.7 Å². The molecule has 5 nitrogen and oxygen atoms in total. The molecule has 2 aromatic rings. The average molecular weight is 525 g/mol. The number of sulfonamides is 1. The second-order valence-corrected chi connectivity index (χ2v) is 18.2. The lowest BCUT2D eigenvalue weighted by molar-refractivity contribution is 0.204. The fourth-order valence-electron chi connectivity index (χ4n) is 5.66. The first kappa shape index (κ1) is 28.0. The lowest BCUT2D eigenvalue weighted by Gasteiger charge is -2.38. The maximum atomic E-state index is 13.7. The Morgan fingerprint density at radius 3 is 2.00 bits per heavy atom. The van der Waals surface area contributed by atoms with E-state index < -0.39 is 30.2 Å². The molecule has 1 heterocycles. The summed E-state index contributed by atoms with van der Waals surface area (Å²) in [5, 5.41) is 0. The minimum absolute atomic E-state index is 0.135. The smallest absolute Gasteiger partial charge is 0.317 e. The maximum absolute atomic E-state index is 13.7. The van der Waals surface area contributed by atoms with Gasteiger partial charge in [0.25, 0.3) is 10.0 Å². The standard InChI is InChI=1S/C29H40N2O3SSi/c1-22(2)36(23(3)4,24(5)6)19-11-14-27-21-30(20-26-12-9-8-10-13-26)29(32)31(27)35(33,34)28-17-15-25(7)16-18-28/h8-10,12-13,15-18,22-24,27H,14,20-21H2,1-7H3. The number of aryl methyl sites for hydroxylation is 1. The molecule has 1 saturated heterocycles. The summed E-state index contributed by atoms with van der Waals surface area (Å²) in [5.41, 5.74) is 7.08. The van der Waals surface area contributed by atoms with Gasteiger partial charge < -0.3 is 4.90 Å². The fourth-order valence-corrected chi connectivity index (χ4v) is 12.5. The molecule has 0 aliphatic carbocycles. The van der Waals surface area contributed by atoms with Gasteiger partial charge in [-0.2, -0.15) is 0 Å². The van der Waals surface area contributed by atoms with Gasteiger partial charge in [-0.05, 0) is 41.2 Å². The lowest BCUT2D eigenvalue weighted by atomic mass is 10.2. The molecule has 1 unspecified atom stereocenters. The van der Waals surface area contributed by atoms with Crippen molar-refractivity contribution in [1.29, 1.82) is 0 Å². The van der Waals surface area contributed by atoms with Gasteiger partial charge >= 0.3 is 6.03 Å². The second kappa shape index (κ2) is 11.2. The summed E-state index contributed by atoms with van der Waals surface area (Å²) >= 11 is 0. The quantitative estimate of drug-likeness (QED) is 0.289. The van der Waals surface area contributed by atoms with E-state index in [2.05, 4.69) is 53.0 Å². The van der Waals surface area contributed by atoms with Gasteiger partial charge in [-0.15, -0.1) is 11.5 Å². The van der Waals surface area contributed by atoms with Crippen LogP contribution in [0.25, 0.3) is 0 Å². The van der Waals surface area contributed by atoms with E-state index >= 15 is 0 Å². The SMILES string of the molecule is Cc1ccc(S(=O)(=O)N2C(=O)N(Cc3ccccc3)CC2CC#C[Si](C(C)C)(C(C)C)C(C)C)cc1. The van der Waals surface area contributed by atoms with Crippen LogP contribution >= 0.6 is 0 Å². The Kier molecular flexibility index (Phi) is 8.74. The van der Waals surface area contributed by atoms with Crippen molar-refractivity contribution < 1.29 is 13.2 Å². The minimum atomic E-state index is -4.01. The van der Waals surface area contributed by atoms with E-state index in [0.717, 1.165) is 15.4 Å². The molecule has 194 valence electrons. The number of urea groups is 1. The van der Waals surface area contributed by atoms with Crippen molar-refractivity contribution in [1.82, 2.24) is 9.21 Å². The first-order valence-corrected chi connectivity index (χ1v) is 16.5. The summed E-state index contributed by atoms with van der Waals surface area (Å²) in [6.45, 7) is 16.2. The van der Waals surface area contributed by atoms with Crippen LogP contribution in [0, 0.1) is 18.4 Å². The summed E-state index contributed by atoms with van der Waals surface area (Å²) in [5.74, 6) is 3.41. The predicted octanol–water partition coefficient (Wildman–Crippen LogP) is 6.60. The van der Waals surface area contributed by atoms with E-state index in [4.69, 9.17) is 0 Å². The number of hydrogen-bond acceptors (Lipinski definition) is 3. The van der Waals surface area contributed by atoms with Gasteiger partial charge in [0.2, 0.25) is 0 Å². The molecule has 36 heavy (non-hydrogen) atoms. The van der Waals surface area contributed by atoms with E-state index in [0.29, 0.717) is 36.1 Å². The van der Waals surface area contributed by atoms with E-state index in [-0.39, 0.29) is 4.90 Å². The molecule has 3 rings (SSSR count). The highest BCUT2D eigenvalue weighted by molar-refractivity contribution is 7.89. The third kappa shape index (κ3) is 5.55. The normalized spacial score (nSPS) is 16.7. The van der Waals surface area contributed by atoms with Gasteiger partial charge in [0.05, 0.1) is 10.9 Å². The minimum Gasteiger partial charge on any atom is -0.317 e. The maximum Gasteiger partial charge on any atom is 0.334 e. The molecule has 0 radical (unpaired) electrons. The van der Waals surface area contributed by atoms with Crippen LogP contribution in [0.3, 0.4) is 0 Å². The van der Waals surface area contributed by atoms with E-state index in [9.17, 15) is 13.2 Å². The summed E-state index contributed by atoms with van der Waals surface area (Å²) in [6, 6.07) is 15.3. The molecule has 0 bridgehead atoms. The molecule has 1 aliphatic rings. The highest BCUT2D eigenvalue weighted by Crippen LogP contribution is 2.41. The van der Waals surface area contributed by atoms with E-state index in [1.165, 1.54) is 0 Å². The number of amides is 2. The Bertz CT molecular complexity index is 1190. The van der Waals surface area contributed by atoms with Crippen molar-refractivity contribution in [3.8, 4) is 11.5 Å². The van der Waals surface area contributed by atoms with Crippen molar-refractivity contribution >= 4 is 24.1 Å². The van der Waals surface area contributed by atoms with Crippen molar-refractivity contribution in [2.45, 2.75) is 89.0 Å². The topological polar surface area (TPSA) is 57.7 Å². The molecule has 7 heteroatoms. The zero-order chi connectivity index (χ0) is 26.7. The molecule has 2 amide bonds. The molecular weight excluding hydrogens is 484 g/mol. The summed E-state index contributed by atoms with van der Waals surface area (Å²) in [6.07, 6.45) is 0.336. The zero-order valence-corrected chi connectivity index (χ0v) is 24.5. The number of rotatable bonds is 8. The summed E-state index contributed by atoms with van der Waals surface area (Å²) < 4.78 is 28.5. The molecule has 0 aromatic heterocycles. The Morgan fingerprint density at radius 1 is 0.917 bits per heavy atom. The second-order valence-electron chi connectivity index (χ2n) is 10.8. The van der Waals surface area contributed by atoms with E-state index in [1.807, 2.05) is 37.3 Å². The van der Waals surface area contributed by atoms with Crippen LogP contribution in [0.15, 0.2) is 59.5 Å². The van der Waals surface area contributed by atoms with Gasteiger partial charge in [0.1, 0.15) is 8.07 Å². The van der Waals surface area contributed by atoms with Crippen LogP contribution in [-0.2, 0) is 16.6 Å². The first-order valence-electron chi connectivity index (χ1n) is 12.8. The fraction of sp³-hybridized carbons (Fsp3) is 0.483. The zero-order valence-electron chi connectivity index (χ0n) is 22.7. The predicted molar refractivity (Wildman–Crippen MR) is 150 cm³/mol. The highest BCUT2D eigenvalue weighted by atomic mass is 32.2. The van der Waals surface area contributed by atoms with Crippen LogP contribution < -0.4 is 0 Å². The Labute approximate surface area is 219 Å². The molecule has 0 N–H and O–H groups in total.